The van der Waals surface area contributed by atoms with Crippen LogP contribution in [-0.2, 0) is 67.4 Å². The molecule has 0 amide bonds. The first-order chi connectivity index (χ1) is 42.1. The van der Waals surface area contributed by atoms with Gasteiger partial charge in [-0.2, -0.15) is 17.7 Å². The maximum Gasteiger partial charge on any atom is 0.362 e. The van der Waals surface area contributed by atoms with E-state index in [9.17, 15) is 45.0 Å². The number of nitrogens with two attached hydrogens (primary N) is 3. The van der Waals surface area contributed by atoms with Gasteiger partial charge in [-0.1, -0.05) is 115 Å². The maximum absolute atomic E-state index is 11.3. The second kappa shape index (κ2) is 36.8. The summed E-state index contributed by atoms with van der Waals surface area (Å²) >= 11 is 0. The number of benzene rings is 3. The zero-order valence-corrected chi connectivity index (χ0v) is 52.9. The Hall–Kier alpha value is -4.93. The highest BCUT2D eigenvalue weighted by Gasteiger charge is 2.48. The molecule has 3 aromatic carbocycles. The Morgan fingerprint density at radius 1 is 0.432 bits per heavy atom. The van der Waals surface area contributed by atoms with Crippen LogP contribution < -0.4 is 38.1 Å². The highest BCUT2D eigenvalue weighted by molar-refractivity contribution is 5.71. The summed E-state index contributed by atoms with van der Waals surface area (Å²) < 4.78 is 16.9. The third-order valence-corrected chi connectivity index (χ3v) is 20.4. The minimum atomic E-state index is -0.606. The standard InChI is InChI=1S/3C23H35NO5.H3N/c3*1-2-3-4-7-17(25)9-10-18-19-11-15-6-5-8-22(28-14-23(27)29-24)20(15)12-16(19)13-21(18)26;/h3*5-6,8,16-19,21,25-26H,2-4,7,9-14,24H2,1H3;1H3/t3*16-,17-,18+,19-,21+;/m000./s1. The lowest BCUT2D eigenvalue weighted by atomic mass is 9.73. The van der Waals surface area contributed by atoms with Crippen LogP contribution in [0, 0.1) is 53.3 Å². The summed E-state index contributed by atoms with van der Waals surface area (Å²) in [4.78, 5) is 46.4. The lowest BCUT2D eigenvalue weighted by Crippen LogP contribution is -2.28. The predicted octanol–water partition coefficient (Wildman–Crippen LogP) is 8.91. The Balaban J connectivity index is 0.000000209. The molecule has 494 valence electrons. The molecule has 3 saturated carbocycles. The molecule has 3 fully saturated rings. The van der Waals surface area contributed by atoms with E-state index in [1.54, 1.807) is 0 Å². The molecule has 19 heteroatoms. The van der Waals surface area contributed by atoms with Gasteiger partial charge in [0.05, 0.1) is 36.6 Å². The van der Waals surface area contributed by atoms with Gasteiger partial charge in [0.15, 0.2) is 19.8 Å². The fourth-order valence-electron chi connectivity index (χ4n) is 15.8. The monoisotopic (exact) mass is 1230 g/mol. The van der Waals surface area contributed by atoms with Gasteiger partial charge in [0.2, 0.25) is 0 Å². The van der Waals surface area contributed by atoms with E-state index in [0.717, 1.165) is 190 Å². The number of unbranched alkanes of at least 4 members (excludes halogenated alkanes) is 6. The van der Waals surface area contributed by atoms with Gasteiger partial charge in [0.1, 0.15) is 17.2 Å². The molecule has 0 spiro atoms. The largest absolute Gasteiger partial charge is 0.482 e. The van der Waals surface area contributed by atoms with Gasteiger partial charge in [0.25, 0.3) is 0 Å². The Morgan fingerprint density at radius 3 is 0.955 bits per heavy atom. The maximum atomic E-state index is 11.3. The number of fused-ring (bicyclic) bond motifs is 6. The van der Waals surface area contributed by atoms with E-state index in [1.165, 1.54) is 16.7 Å². The van der Waals surface area contributed by atoms with Crippen molar-refractivity contribution in [1.82, 2.24) is 6.15 Å². The average Bonchev–Trinajstić information content (AvgIpc) is 1.72. The van der Waals surface area contributed by atoms with Gasteiger partial charge in [-0.3, -0.25) is 0 Å². The Kier molecular flexibility index (Phi) is 30.2. The topological polar surface area (TPSA) is 341 Å². The summed E-state index contributed by atoms with van der Waals surface area (Å²) in [5.41, 5.74) is 7.08. The molecule has 0 saturated heterocycles. The Bertz CT molecular complexity index is 2320. The summed E-state index contributed by atoms with van der Waals surface area (Å²) in [6.07, 6.45) is 23.7. The molecule has 3 aromatic rings. The van der Waals surface area contributed by atoms with Crippen LogP contribution >= 0.6 is 0 Å². The van der Waals surface area contributed by atoms with Crippen LogP contribution in [0.15, 0.2) is 54.6 Å². The summed E-state index contributed by atoms with van der Waals surface area (Å²) in [5.74, 6) is 18.2. The molecule has 0 radical (unpaired) electrons. The molecule has 0 unspecified atom stereocenters. The second-order valence-electron chi connectivity index (χ2n) is 26.1. The van der Waals surface area contributed by atoms with Crippen LogP contribution in [0.1, 0.15) is 189 Å². The van der Waals surface area contributed by atoms with Crippen LogP contribution in [0.2, 0.25) is 0 Å². The first-order valence-corrected chi connectivity index (χ1v) is 33.1. The van der Waals surface area contributed by atoms with E-state index < -0.39 is 17.9 Å². The van der Waals surface area contributed by atoms with Crippen molar-refractivity contribution in [3.8, 4) is 17.2 Å². The first-order valence-electron chi connectivity index (χ1n) is 33.1. The van der Waals surface area contributed by atoms with Crippen molar-refractivity contribution in [3.05, 3.63) is 88.0 Å². The summed E-state index contributed by atoms with van der Waals surface area (Å²) in [6.45, 7) is 5.89. The van der Waals surface area contributed by atoms with E-state index in [0.29, 0.717) is 52.8 Å². The molecule has 0 bridgehead atoms. The number of carbonyl (C=O) groups excluding carboxylic acids is 3. The molecular weight excluding hydrogens is 1120 g/mol. The molecular formula is C69H108N4O15. The fourth-order valence-corrected chi connectivity index (χ4v) is 15.8. The van der Waals surface area contributed by atoms with Gasteiger partial charge in [-0.25, -0.2) is 14.4 Å². The molecule has 6 aliphatic rings. The van der Waals surface area contributed by atoms with Crippen LogP contribution in [-0.4, -0.2) is 105 Å². The summed E-state index contributed by atoms with van der Waals surface area (Å²) in [7, 11) is 0. The summed E-state index contributed by atoms with van der Waals surface area (Å²) in [5, 5.41) is 63.0. The third kappa shape index (κ3) is 20.3. The van der Waals surface area contributed by atoms with E-state index in [4.69, 9.17) is 31.9 Å². The van der Waals surface area contributed by atoms with Crippen molar-refractivity contribution in [1.29, 1.82) is 0 Å². The van der Waals surface area contributed by atoms with Gasteiger partial charge < -0.3 is 65.5 Å². The van der Waals surface area contributed by atoms with Crippen LogP contribution in [0.4, 0.5) is 0 Å². The lowest BCUT2D eigenvalue weighted by molar-refractivity contribution is -0.147. The molecule has 19 nitrogen and oxygen atoms in total. The molecule has 6 aliphatic carbocycles. The van der Waals surface area contributed by atoms with Crippen molar-refractivity contribution < 1.29 is 73.7 Å². The zero-order chi connectivity index (χ0) is 62.4. The molecule has 0 aliphatic heterocycles. The van der Waals surface area contributed by atoms with Crippen LogP contribution in [0.25, 0.3) is 0 Å². The van der Waals surface area contributed by atoms with Crippen LogP contribution in [0.5, 0.6) is 17.2 Å². The van der Waals surface area contributed by atoms with Crippen molar-refractivity contribution >= 4 is 17.9 Å². The Labute approximate surface area is 522 Å². The fraction of sp³-hybridized carbons (Fsp3) is 0.696. The van der Waals surface area contributed by atoms with E-state index in [1.807, 2.05) is 36.4 Å². The van der Waals surface area contributed by atoms with Crippen LogP contribution in [0.3, 0.4) is 0 Å². The van der Waals surface area contributed by atoms with Crippen molar-refractivity contribution in [2.45, 2.75) is 231 Å². The third-order valence-electron chi connectivity index (χ3n) is 20.4. The Morgan fingerprint density at radius 2 is 0.705 bits per heavy atom. The van der Waals surface area contributed by atoms with E-state index in [-0.39, 0.29) is 80.3 Å². The normalized spacial score (nSPS) is 26.2. The quantitative estimate of drug-likeness (QED) is 0.0220. The van der Waals surface area contributed by atoms with Crippen molar-refractivity contribution in [2.75, 3.05) is 19.8 Å². The highest BCUT2D eigenvalue weighted by Crippen LogP contribution is 2.51. The van der Waals surface area contributed by atoms with E-state index in [2.05, 4.69) is 53.5 Å². The number of aliphatic hydroxyl groups excluding tert-OH is 6. The van der Waals surface area contributed by atoms with Gasteiger partial charge in [-0.15, -0.1) is 0 Å². The minimum absolute atomic E-state index is 0. The molecule has 0 aromatic heterocycles. The number of hydrogen-bond donors (Lipinski definition) is 10. The number of hydrogen-bond acceptors (Lipinski definition) is 19. The SMILES string of the molecule is CCCCC[C@H](O)CC[C@@H]1[C@H]2Cc3cccc(OCC(=O)ON)c3C[C@H]2C[C@H]1O.CCCCC[C@H](O)CC[C@@H]1[C@H]2Cc3cccc(OCC(=O)ON)c3C[C@H]2C[C@H]1O.CCCCC[C@H](O)CC[C@@H]1[C@H]2Cc3cccc(OCC(=O)ON)c3C[C@H]2C[C@H]1O.N. The van der Waals surface area contributed by atoms with E-state index >= 15 is 0 Å². The second-order valence-corrected chi connectivity index (χ2v) is 26.1. The lowest BCUT2D eigenvalue weighted by Gasteiger charge is -2.32. The summed E-state index contributed by atoms with van der Waals surface area (Å²) in [6, 6.07) is 17.8. The van der Waals surface area contributed by atoms with Gasteiger partial charge in [-0.05, 0) is 220 Å². The molecule has 88 heavy (non-hydrogen) atoms. The average molecular weight is 1230 g/mol. The van der Waals surface area contributed by atoms with Crippen molar-refractivity contribution in [2.24, 2.45) is 71.0 Å². The van der Waals surface area contributed by atoms with Gasteiger partial charge in [0, 0.05) is 0 Å². The minimum Gasteiger partial charge on any atom is -0.482 e. The number of ether oxygens (including phenoxy) is 3. The van der Waals surface area contributed by atoms with Crippen molar-refractivity contribution in [3.63, 3.8) is 0 Å². The highest BCUT2D eigenvalue weighted by atomic mass is 16.7. The molecule has 0 heterocycles. The molecule has 15 atom stereocenters. The number of carbonyl (C=O) groups is 3. The zero-order valence-electron chi connectivity index (χ0n) is 52.9. The number of aliphatic hydroxyl groups is 6. The van der Waals surface area contributed by atoms with Gasteiger partial charge >= 0.3 is 17.9 Å². The molecule has 9 rings (SSSR count). The smallest absolute Gasteiger partial charge is 0.362 e. The predicted molar refractivity (Wildman–Crippen MR) is 335 cm³/mol. The molecule has 15 N–H and O–H groups in total. The first kappa shape index (κ1) is 72.1. The number of rotatable bonds is 30.